The first-order chi connectivity index (χ1) is 8.65. The number of furan rings is 1. The Balaban J connectivity index is 2.05. The Morgan fingerprint density at radius 2 is 2.33 bits per heavy atom. The number of piperidine rings is 1. The monoisotopic (exact) mass is 250 g/mol. The minimum atomic E-state index is 0.0000463. The quantitative estimate of drug-likeness (QED) is 0.891. The summed E-state index contributed by atoms with van der Waals surface area (Å²) < 4.78 is 5.52. The van der Waals surface area contributed by atoms with Crippen LogP contribution in [0.2, 0.25) is 0 Å². The molecule has 2 rings (SSSR count). The summed E-state index contributed by atoms with van der Waals surface area (Å²) in [5.74, 6) is 2.32. The lowest BCUT2D eigenvalue weighted by Gasteiger charge is -2.36. The van der Waals surface area contributed by atoms with Gasteiger partial charge in [0.15, 0.2) is 5.76 Å². The molecule has 1 aliphatic rings. The Bertz CT molecular complexity index is 414. The van der Waals surface area contributed by atoms with Crippen LogP contribution in [0.5, 0.6) is 0 Å². The Morgan fingerprint density at radius 3 is 2.94 bits per heavy atom. The van der Waals surface area contributed by atoms with Gasteiger partial charge < -0.3 is 15.1 Å². The van der Waals surface area contributed by atoms with Gasteiger partial charge in [-0.05, 0) is 36.9 Å². The van der Waals surface area contributed by atoms with Crippen molar-refractivity contribution in [2.45, 2.75) is 26.7 Å². The van der Waals surface area contributed by atoms with Crippen LogP contribution in [-0.2, 0) is 6.42 Å². The minimum Gasteiger partial charge on any atom is -0.456 e. The van der Waals surface area contributed by atoms with Crippen LogP contribution in [0, 0.1) is 11.8 Å². The fourth-order valence-corrected chi connectivity index (χ4v) is 2.48. The molecule has 1 amide bonds. The predicted molar refractivity (Wildman–Crippen MR) is 70.3 cm³/mol. The zero-order valence-electron chi connectivity index (χ0n) is 11.2. The lowest BCUT2D eigenvalue weighted by atomic mass is 9.87. The van der Waals surface area contributed by atoms with Crippen LogP contribution in [0.1, 0.15) is 36.6 Å². The number of aryl methyl sites for hydroxylation is 1. The zero-order chi connectivity index (χ0) is 13.1. The maximum atomic E-state index is 12.3. The van der Waals surface area contributed by atoms with Crippen LogP contribution in [-0.4, -0.2) is 30.4 Å². The molecule has 0 aliphatic carbocycles. The van der Waals surface area contributed by atoms with Crippen LogP contribution in [0.25, 0.3) is 0 Å². The summed E-state index contributed by atoms with van der Waals surface area (Å²) in [4.78, 5) is 14.2. The molecule has 1 aliphatic heterocycles. The van der Waals surface area contributed by atoms with Gasteiger partial charge in [-0.2, -0.15) is 0 Å². The number of rotatable bonds is 3. The van der Waals surface area contributed by atoms with E-state index in [2.05, 4.69) is 6.92 Å². The fraction of sp³-hybridized carbons (Fsp3) is 0.643. The summed E-state index contributed by atoms with van der Waals surface area (Å²) in [6.45, 7) is 6.42. The van der Waals surface area contributed by atoms with Gasteiger partial charge in [0.2, 0.25) is 0 Å². The fourth-order valence-electron chi connectivity index (χ4n) is 2.48. The van der Waals surface area contributed by atoms with E-state index in [-0.39, 0.29) is 5.91 Å². The minimum absolute atomic E-state index is 0.0000463. The van der Waals surface area contributed by atoms with Gasteiger partial charge in [-0.1, -0.05) is 13.8 Å². The van der Waals surface area contributed by atoms with Crippen LogP contribution in [0.3, 0.4) is 0 Å². The van der Waals surface area contributed by atoms with Gasteiger partial charge in [-0.25, -0.2) is 0 Å². The van der Waals surface area contributed by atoms with Crippen LogP contribution >= 0.6 is 0 Å². The second-order valence-electron chi connectivity index (χ2n) is 5.13. The maximum Gasteiger partial charge on any atom is 0.289 e. The summed E-state index contributed by atoms with van der Waals surface area (Å²) in [5.41, 5.74) is 5.76. The highest BCUT2D eigenvalue weighted by Gasteiger charge is 2.29. The average Bonchev–Trinajstić information content (AvgIpc) is 2.87. The second kappa shape index (κ2) is 5.57. The van der Waals surface area contributed by atoms with Gasteiger partial charge >= 0.3 is 0 Å². The Labute approximate surface area is 108 Å². The molecule has 1 aromatic rings. The summed E-state index contributed by atoms with van der Waals surface area (Å²) in [7, 11) is 0. The molecule has 0 bridgehead atoms. The molecule has 4 heteroatoms. The van der Waals surface area contributed by atoms with E-state index in [0.717, 1.165) is 31.7 Å². The van der Waals surface area contributed by atoms with Gasteiger partial charge in [0.05, 0.1) is 0 Å². The first-order valence-corrected chi connectivity index (χ1v) is 6.73. The molecule has 0 aromatic carbocycles. The molecular weight excluding hydrogens is 228 g/mol. The number of hydrogen-bond acceptors (Lipinski definition) is 3. The number of likely N-dealkylation sites (tertiary alicyclic amines) is 1. The SMILES string of the molecule is CCc1ccc(C(=O)N2CCC(C)C(CN)C2)o1. The highest BCUT2D eigenvalue weighted by molar-refractivity contribution is 5.91. The lowest BCUT2D eigenvalue weighted by Crippen LogP contribution is -2.45. The van der Waals surface area contributed by atoms with Gasteiger partial charge in [0, 0.05) is 19.5 Å². The number of nitrogens with two attached hydrogens (primary N) is 1. The van der Waals surface area contributed by atoms with E-state index in [1.54, 1.807) is 6.07 Å². The maximum absolute atomic E-state index is 12.3. The lowest BCUT2D eigenvalue weighted by molar-refractivity contribution is 0.0585. The topological polar surface area (TPSA) is 59.5 Å². The van der Waals surface area contributed by atoms with Gasteiger partial charge in [-0.3, -0.25) is 4.79 Å². The number of carbonyl (C=O) groups is 1. The summed E-state index contributed by atoms with van der Waals surface area (Å²) in [6, 6.07) is 3.65. The molecule has 0 saturated carbocycles. The molecule has 4 nitrogen and oxygen atoms in total. The molecule has 18 heavy (non-hydrogen) atoms. The molecule has 2 heterocycles. The van der Waals surface area contributed by atoms with Crippen molar-refractivity contribution < 1.29 is 9.21 Å². The largest absolute Gasteiger partial charge is 0.456 e. The van der Waals surface area contributed by atoms with Crippen LogP contribution in [0.15, 0.2) is 16.5 Å². The van der Waals surface area contributed by atoms with E-state index in [9.17, 15) is 4.79 Å². The molecule has 1 fully saturated rings. The highest BCUT2D eigenvalue weighted by atomic mass is 16.4. The van der Waals surface area contributed by atoms with Crippen LogP contribution in [0.4, 0.5) is 0 Å². The van der Waals surface area contributed by atoms with Crippen molar-refractivity contribution in [1.29, 1.82) is 0 Å². The summed E-state index contributed by atoms with van der Waals surface area (Å²) in [6.07, 6.45) is 1.84. The molecular formula is C14H22N2O2. The smallest absolute Gasteiger partial charge is 0.289 e. The Kier molecular flexibility index (Phi) is 4.07. The number of nitrogens with zero attached hydrogens (tertiary/aromatic N) is 1. The van der Waals surface area contributed by atoms with Gasteiger partial charge in [-0.15, -0.1) is 0 Å². The molecule has 1 aromatic heterocycles. The second-order valence-corrected chi connectivity index (χ2v) is 5.13. The Hall–Kier alpha value is -1.29. The van der Waals surface area contributed by atoms with Crippen LogP contribution < -0.4 is 5.73 Å². The highest BCUT2D eigenvalue weighted by Crippen LogP contribution is 2.24. The number of amides is 1. The first-order valence-electron chi connectivity index (χ1n) is 6.73. The van der Waals surface area contributed by atoms with E-state index in [1.165, 1.54) is 0 Å². The van der Waals surface area contributed by atoms with Crippen molar-refractivity contribution in [3.8, 4) is 0 Å². The van der Waals surface area contributed by atoms with E-state index in [1.807, 2.05) is 17.9 Å². The van der Waals surface area contributed by atoms with E-state index in [0.29, 0.717) is 24.1 Å². The van der Waals surface area contributed by atoms with E-state index >= 15 is 0 Å². The van der Waals surface area contributed by atoms with Crippen molar-refractivity contribution >= 4 is 5.91 Å². The van der Waals surface area contributed by atoms with Gasteiger partial charge in [0.1, 0.15) is 5.76 Å². The molecule has 2 atom stereocenters. The standard InChI is InChI=1S/C14H22N2O2/c1-3-12-4-5-13(18-12)14(17)16-7-6-10(2)11(8-15)9-16/h4-5,10-11H,3,6-9,15H2,1-2H3. The van der Waals surface area contributed by atoms with E-state index in [4.69, 9.17) is 10.2 Å². The molecule has 0 radical (unpaired) electrons. The van der Waals surface area contributed by atoms with Crippen molar-refractivity contribution in [2.24, 2.45) is 17.6 Å². The Morgan fingerprint density at radius 1 is 1.56 bits per heavy atom. The normalized spacial score (nSPS) is 24.3. The zero-order valence-corrected chi connectivity index (χ0v) is 11.2. The molecule has 0 spiro atoms. The molecule has 1 saturated heterocycles. The number of carbonyl (C=O) groups excluding carboxylic acids is 1. The van der Waals surface area contributed by atoms with Crippen molar-refractivity contribution in [1.82, 2.24) is 4.90 Å². The average molecular weight is 250 g/mol. The third-order valence-electron chi connectivity index (χ3n) is 3.92. The van der Waals surface area contributed by atoms with Crippen molar-refractivity contribution in [2.75, 3.05) is 19.6 Å². The summed E-state index contributed by atoms with van der Waals surface area (Å²) >= 11 is 0. The molecule has 2 unspecified atom stereocenters. The van der Waals surface area contributed by atoms with Crippen molar-refractivity contribution in [3.05, 3.63) is 23.7 Å². The third kappa shape index (κ3) is 2.58. The van der Waals surface area contributed by atoms with Crippen molar-refractivity contribution in [3.63, 3.8) is 0 Å². The predicted octanol–water partition coefficient (Wildman–Crippen LogP) is 1.90. The molecule has 2 N–H and O–H groups in total. The van der Waals surface area contributed by atoms with Gasteiger partial charge in [0.25, 0.3) is 5.91 Å². The summed E-state index contributed by atoms with van der Waals surface area (Å²) in [5, 5.41) is 0. The van der Waals surface area contributed by atoms with E-state index < -0.39 is 0 Å². The number of hydrogen-bond donors (Lipinski definition) is 1. The first kappa shape index (κ1) is 13.1. The third-order valence-corrected chi connectivity index (χ3v) is 3.92. The molecule has 100 valence electrons.